The van der Waals surface area contributed by atoms with Gasteiger partial charge in [0.05, 0.1) is 11.4 Å². The zero-order chi connectivity index (χ0) is 16.2. The maximum atomic E-state index is 11.2. The van der Waals surface area contributed by atoms with Crippen LogP contribution in [0.2, 0.25) is 0 Å². The summed E-state index contributed by atoms with van der Waals surface area (Å²) in [5.74, 6) is -0.489. The lowest BCUT2D eigenvalue weighted by Crippen LogP contribution is -2.11. The molecule has 0 saturated carbocycles. The molecule has 0 aliphatic heterocycles. The van der Waals surface area contributed by atoms with Crippen molar-refractivity contribution in [2.24, 2.45) is 5.73 Å². The molecule has 0 spiro atoms. The molecule has 0 bridgehead atoms. The van der Waals surface area contributed by atoms with Crippen LogP contribution >= 0.6 is 0 Å². The quantitative estimate of drug-likeness (QED) is 0.795. The SMILES string of the molecule is N#Cc1nnn(-c2ccc(C(N)=O)cc2)c1Cc1ccccc1. The van der Waals surface area contributed by atoms with Crippen molar-refractivity contribution in [2.75, 3.05) is 0 Å². The highest BCUT2D eigenvalue weighted by Crippen LogP contribution is 2.17. The molecule has 0 unspecified atom stereocenters. The van der Waals surface area contributed by atoms with Gasteiger partial charge in [-0.2, -0.15) is 5.26 Å². The predicted molar refractivity (Wildman–Crippen MR) is 83.8 cm³/mol. The number of carbonyl (C=O) groups is 1. The highest BCUT2D eigenvalue weighted by Gasteiger charge is 2.15. The number of aromatic nitrogens is 3. The molecule has 2 N–H and O–H groups in total. The minimum atomic E-state index is -0.489. The van der Waals surface area contributed by atoms with Gasteiger partial charge in [-0.25, -0.2) is 4.68 Å². The Kier molecular flexibility index (Phi) is 3.85. The molecule has 6 heteroatoms. The Morgan fingerprint density at radius 1 is 1.13 bits per heavy atom. The summed E-state index contributed by atoms with van der Waals surface area (Å²) in [5, 5.41) is 17.2. The van der Waals surface area contributed by atoms with Gasteiger partial charge in [-0.05, 0) is 29.8 Å². The van der Waals surface area contributed by atoms with Gasteiger partial charge in [0.25, 0.3) is 0 Å². The predicted octanol–water partition coefficient (Wildman–Crippen LogP) is 1.83. The average Bonchev–Trinajstić information content (AvgIpc) is 2.98. The number of nitrogens with two attached hydrogens (primary N) is 1. The Bertz CT molecular complexity index is 876. The Hall–Kier alpha value is -3.46. The van der Waals surface area contributed by atoms with E-state index in [2.05, 4.69) is 16.4 Å². The van der Waals surface area contributed by atoms with Gasteiger partial charge in [0.1, 0.15) is 6.07 Å². The fourth-order valence-corrected chi connectivity index (χ4v) is 2.31. The van der Waals surface area contributed by atoms with E-state index in [1.165, 1.54) is 0 Å². The van der Waals surface area contributed by atoms with Gasteiger partial charge in [0.15, 0.2) is 5.69 Å². The molecule has 6 nitrogen and oxygen atoms in total. The second-order valence-corrected chi connectivity index (χ2v) is 4.98. The molecular formula is C17H13N5O. The molecule has 0 fully saturated rings. The average molecular weight is 303 g/mol. The van der Waals surface area contributed by atoms with Crippen LogP contribution in [0.25, 0.3) is 5.69 Å². The summed E-state index contributed by atoms with van der Waals surface area (Å²) in [6.07, 6.45) is 0.536. The summed E-state index contributed by atoms with van der Waals surface area (Å²) in [6.45, 7) is 0. The Balaban J connectivity index is 2.01. The van der Waals surface area contributed by atoms with E-state index in [0.717, 1.165) is 11.3 Å². The smallest absolute Gasteiger partial charge is 0.248 e. The van der Waals surface area contributed by atoms with E-state index in [0.29, 0.717) is 17.7 Å². The summed E-state index contributed by atoms with van der Waals surface area (Å²) in [6, 6.07) is 18.5. The number of carbonyl (C=O) groups excluding carboxylic acids is 1. The van der Waals surface area contributed by atoms with E-state index >= 15 is 0 Å². The maximum Gasteiger partial charge on any atom is 0.248 e. The summed E-state index contributed by atoms with van der Waals surface area (Å²) < 4.78 is 1.61. The van der Waals surface area contributed by atoms with Crippen molar-refractivity contribution in [3.8, 4) is 11.8 Å². The largest absolute Gasteiger partial charge is 0.366 e. The fraction of sp³-hybridized carbons (Fsp3) is 0.0588. The van der Waals surface area contributed by atoms with Gasteiger partial charge < -0.3 is 5.73 Å². The van der Waals surface area contributed by atoms with E-state index in [1.807, 2.05) is 30.3 Å². The highest BCUT2D eigenvalue weighted by molar-refractivity contribution is 5.92. The minimum absolute atomic E-state index is 0.285. The van der Waals surface area contributed by atoms with Gasteiger partial charge in [-0.1, -0.05) is 35.5 Å². The van der Waals surface area contributed by atoms with Crippen LogP contribution in [0.4, 0.5) is 0 Å². The monoisotopic (exact) mass is 303 g/mol. The van der Waals surface area contributed by atoms with Crippen molar-refractivity contribution >= 4 is 5.91 Å². The minimum Gasteiger partial charge on any atom is -0.366 e. The molecule has 1 heterocycles. The molecule has 0 aliphatic rings. The van der Waals surface area contributed by atoms with Crippen LogP contribution in [0, 0.1) is 11.3 Å². The van der Waals surface area contributed by atoms with Crippen LogP contribution in [0.15, 0.2) is 54.6 Å². The molecule has 1 aromatic heterocycles. The van der Waals surface area contributed by atoms with Crippen LogP contribution in [0.3, 0.4) is 0 Å². The Morgan fingerprint density at radius 2 is 1.83 bits per heavy atom. The van der Waals surface area contributed by atoms with Crippen molar-refractivity contribution in [1.82, 2.24) is 15.0 Å². The second kappa shape index (κ2) is 6.12. The summed E-state index contributed by atoms with van der Waals surface area (Å²) in [5.41, 5.74) is 8.42. The molecule has 0 atom stereocenters. The molecule has 0 radical (unpaired) electrons. The first-order chi connectivity index (χ1) is 11.2. The Labute approximate surface area is 132 Å². The number of nitrogens with zero attached hydrogens (tertiary/aromatic N) is 4. The molecule has 3 rings (SSSR count). The molecule has 3 aromatic rings. The van der Waals surface area contributed by atoms with Crippen LogP contribution in [-0.4, -0.2) is 20.9 Å². The van der Waals surface area contributed by atoms with Crippen LogP contribution in [-0.2, 0) is 6.42 Å². The molecule has 112 valence electrons. The van der Waals surface area contributed by atoms with Gasteiger partial charge in [-0.15, -0.1) is 5.10 Å². The number of hydrogen-bond donors (Lipinski definition) is 1. The number of primary amides is 1. The summed E-state index contributed by atoms with van der Waals surface area (Å²) in [7, 11) is 0. The van der Waals surface area contributed by atoms with E-state index in [9.17, 15) is 10.1 Å². The lowest BCUT2D eigenvalue weighted by atomic mass is 10.1. The van der Waals surface area contributed by atoms with E-state index < -0.39 is 5.91 Å². The van der Waals surface area contributed by atoms with Crippen molar-refractivity contribution in [3.63, 3.8) is 0 Å². The maximum absolute atomic E-state index is 11.2. The van der Waals surface area contributed by atoms with Crippen LogP contribution in [0.5, 0.6) is 0 Å². The van der Waals surface area contributed by atoms with Crippen molar-refractivity contribution in [3.05, 3.63) is 77.1 Å². The number of hydrogen-bond acceptors (Lipinski definition) is 4. The van der Waals surface area contributed by atoms with Gasteiger partial charge in [0.2, 0.25) is 5.91 Å². The summed E-state index contributed by atoms with van der Waals surface area (Å²) >= 11 is 0. The first kappa shape index (κ1) is 14.5. The van der Waals surface area contributed by atoms with Crippen molar-refractivity contribution in [2.45, 2.75) is 6.42 Å². The highest BCUT2D eigenvalue weighted by atomic mass is 16.1. The number of amides is 1. The third-order valence-electron chi connectivity index (χ3n) is 3.48. The lowest BCUT2D eigenvalue weighted by molar-refractivity contribution is 0.100. The first-order valence-electron chi connectivity index (χ1n) is 6.98. The van der Waals surface area contributed by atoms with Crippen molar-refractivity contribution < 1.29 is 4.79 Å². The normalized spacial score (nSPS) is 10.2. The molecule has 0 aliphatic carbocycles. The van der Waals surface area contributed by atoms with Crippen LogP contribution in [0.1, 0.15) is 27.3 Å². The lowest BCUT2D eigenvalue weighted by Gasteiger charge is -2.07. The van der Waals surface area contributed by atoms with Crippen molar-refractivity contribution in [1.29, 1.82) is 5.26 Å². The Morgan fingerprint density at radius 3 is 2.43 bits per heavy atom. The number of rotatable bonds is 4. The third kappa shape index (κ3) is 2.94. The van der Waals surface area contributed by atoms with E-state index in [-0.39, 0.29) is 5.69 Å². The van der Waals surface area contributed by atoms with Gasteiger partial charge in [0, 0.05) is 12.0 Å². The number of nitriles is 1. The molecule has 0 saturated heterocycles. The fourth-order valence-electron chi connectivity index (χ4n) is 2.31. The van der Waals surface area contributed by atoms with E-state index in [4.69, 9.17) is 5.73 Å². The van der Waals surface area contributed by atoms with E-state index in [1.54, 1.807) is 28.9 Å². The molecule has 1 amide bonds. The molecular weight excluding hydrogens is 290 g/mol. The third-order valence-corrected chi connectivity index (χ3v) is 3.48. The van der Waals surface area contributed by atoms with Crippen LogP contribution < -0.4 is 5.73 Å². The zero-order valence-electron chi connectivity index (χ0n) is 12.2. The second-order valence-electron chi connectivity index (χ2n) is 4.98. The summed E-state index contributed by atoms with van der Waals surface area (Å²) in [4.78, 5) is 11.2. The van der Waals surface area contributed by atoms with Gasteiger partial charge in [-0.3, -0.25) is 4.79 Å². The standard InChI is InChI=1S/C17H13N5O/c18-11-15-16(10-12-4-2-1-3-5-12)22(21-20-15)14-8-6-13(7-9-14)17(19)23/h1-9H,10H2,(H2,19,23). The molecule has 2 aromatic carbocycles. The molecule has 23 heavy (non-hydrogen) atoms. The van der Waals surface area contributed by atoms with Gasteiger partial charge >= 0.3 is 0 Å². The zero-order valence-corrected chi connectivity index (χ0v) is 12.2. The first-order valence-corrected chi connectivity index (χ1v) is 6.98. The topological polar surface area (TPSA) is 97.6 Å². The number of benzene rings is 2.